The van der Waals surface area contributed by atoms with Crippen LogP contribution in [0.4, 0.5) is 5.82 Å². The minimum Gasteiger partial charge on any atom is -0.420 e. The number of hydrogen-bond donors (Lipinski definition) is 1. The van der Waals surface area contributed by atoms with E-state index in [1.165, 1.54) is 5.56 Å². The third-order valence-corrected chi connectivity index (χ3v) is 6.81. The number of carbonyl (C=O) groups excluding carboxylic acids is 1. The quantitative estimate of drug-likeness (QED) is 0.314. The van der Waals surface area contributed by atoms with Crippen LogP contribution in [0.2, 0.25) is 5.02 Å². The number of ketones is 1. The average Bonchev–Trinajstić information content (AvgIpc) is 3.48. The molecule has 180 valence electrons. The Kier molecular flexibility index (Phi) is 5.75. The maximum absolute atomic E-state index is 13.5. The second-order valence-electron chi connectivity index (χ2n) is 10.3. The summed E-state index contributed by atoms with van der Waals surface area (Å²) in [5.74, 6) is 1.53. The predicted octanol–water partition coefficient (Wildman–Crippen LogP) is 6.43. The van der Waals surface area contributed by atoms with Crippen LogP contribution in [-0.4, -0.2) is 25.8 Å². The summed E-state index contributed by atoms with van der Waals surface area (Å²) >= 11 is 5.98. The fourth-order valence-electron chi connectivity index (χ4n) is 4.62. The van der Waals surface area contributed by atoms with E-state index in [1.54, 1.807) is 18.3 Å². The van der Waals surface area contributed by atoms with Gasteiger partial charge in [0.25, 0.3) is 0 Å². The molecule has 0 fully saturated rings. The lowest BCUT2D eigenvalue weighted by Gasteiger charge is -2.38. The van der Waals surface area contributed by atoms with Crippen LogP contribution in [0.1, 0.15) is 68.4 Å². The molecule has 1 unspecified atom stereocenters. The Bertz CT molecular complexity index is 1360. The lowest BCUT2D eigenvalue weighted by molar-refractivity contribution is 0.0950. The van der Waals surface area contributed by atoms with Crippen LogP contribution in [0.15, 0.2) is 65.2 Å². The van der Waals surface area contributed by atoms with Crippen LogP contribution in [-0.2, 0) is 11.0 Å². The van der Waals surface area contributed by atoms with Gasteiger partial charge in [-0.25, -0.2) is 4.68 Å². The molecule has 1 N–H and O–H groups in total. The third-order valence-electron chi connectivity index (χ3n) is 6.56. The maximum Gasteiger partial charge on any atom is 0.247 e. The van der Waals surface area contributed by atoms with Crippen molar-refractivity contribution in [1.82, 2.24) is 20.0 Å². The Morgan fingerprint density at radius 1 is 1.14 bits per heavy atom. The van der Waals surface area contributed by atoms with Gasteiger partial charge in [-0.15, -0.1) is 10.2 Å². The van der Waals surface area contributed by atoms with Crippen molar-refractivity contribution in [1.29, 1.82) is 0 Å². The van der Waals surface area contributed by atoms with E-state index in [9.17, 15) is 4.79 Å². The second-order valence-corrected chi connectivity index (χ2v) is 10.8. The van der Waals surface area contributed by atoms with E-state index >= 15 is 0 Å². The van der Waals surface area contributed by atoms with Gasteiger partial charge in [-0.2, -0.15) is 5.10 Å². The number of halogens is 1. The van der Waals surface area contributed by atoms with Crippen molar-refractivity contribution in [3.05, 3.63) is 82.8 Å². The van der Waals surface area contributed by atoms with Crippen molar-refractivity contribution in [2.24, 2.45) is 0 Å². The van der Waals surface area contributed by atoms with E-state index in [2.05, 4.69) is 46.6 Å². The highest BCUT2D eigenvalue weighted by Gasteiger charge is 2.38. The second kappa shape index (κ2) is 8.64. The first-order chi connectivity index (χ1) is 16.6. The molecule has 3 heterocycles. The first kappa shape index (κ1) is 23.3. The number of carbonyl (C=O) groups is 1. The summed E-state index contributed by atoms with van der Waals surface area (Å²) < 4.78 is 7.89. The number of hydrogen-bond acceptors (Lipinski definition) is 6. The molecular formula is C27H28ClN5O2. The molecule has 0 radical (unpaired) electrons. The number of benzene rings is 2. The number of aromatic nitrogens is 4. The van der Waals surface area contributed by atoms with Gasteiger partial charge in [0.05, 0.1) is 28.8 Å². The van der Waals surface area contributed by atoms with Crippen molar-refractivity contribution in [2.75, 3.05) is 5.32 Å². The van der Waals surface area contributed by atoms with Gasteiger partial charge < -0.3 is 9.73 Å². The lowest BCUT2D eigenvalue weighted by Crippen LogP contribution is -2.38. The molecule has 35 heavy (non-hydrogen) atoms. The minimum absolute atomic E-state index is 0.0282. The first-order valence-electron chi connectivity index (χ1n) is 11.7. The fourth-order valence-corrected chi connectivity index (χ4v) is 4.74. The van der Waals surface area contributed by atoms with E-state index in [0.29, 0.717) is 22.4 Å². The highest BCUT2D eigenvalue weighted by Crippen LogP contribution is 2.41. The van der Waals surface area contributed by atoms with Crippen LogP contribution in [0.25, 0.3) is 11.5 Å². The van der Waals surface area contributed by atoms with Crippen molar-refractivity contribution in [3.8, 4) is 11.5 Å². The monoisotopic (exact) mass is 489 g/mol. The van der Waals surface area contributed by atoms with Gasteiger partial charge in [0.15, 0.2) is 5.78 Å². The van der Waals surface area contributed by atoms with Crippen molar-refractivity contribution >= 4 is 23.2 Å². The molecule has 2 aromatic heterocycles. The molecule has 8 heteroatoms. The predicted molar refractivity (Wildman–Crippen MR) is 136 cm³/mol. The summed E-state index contributed by atoms with van der Waals surface area (Å²) in [5, 5.41) is 17.2. The van der Waals surface area contributed by atoms with Gasteiger partial charge in [0, 0.05) is 17.0 Å². The molecule has 1 atom stereocenters. The first-order valence-corrected chi connectivity index (χ1v) is 12.0. The van der Waals surface area contributed by atoms with Crippen LogP contribution in [0, 0.1) is 0 Å². The smallest absolute Gasteiger partial charge is 0.247 e. The normalized spacial score (nSPS) is 17.0. The van der Waals surface area contributed by atoms with Gasteiger partial charge in [0.1, 0.15) is 5.82 Å². The van der Waals surface area contributed by atoms with Gasteiger partial charge in [-0.1, -0.05) is 55.8 Å². The molecule has 0 bridgehead atoms. The Balaban J connectivity index is 1.39. The lowest BCUT2D eigenvalue weighted by atomic mass is 9.85. The molecular weight excluding hydrogens is 462 g/mol. The Morgan fingerprint density at radius 2 is 1.86 bits per heavy atom. The van der Waals surface area contributed by atoms with E-state index in [-0.39, 0.29) is 23.8 Å². The summed E-state index contributed by atoms with van der Waals surface area (Å²) in [6, 6.07) is 17.6. The van der Waals surface area contributed by atoms with Crippen LogP contribution >= 0.6 is 11.6 Å². The topological polar surface area (TPSA) is 85.8 Å². The Labute approximate surface area is 209 Å². The molecule has 1 aliphatic rings. The third kappa shape index (κ3) is 4.48. The fraction of sp³-hybridized carbons (Fsp3) is 0.333. The summed E-state index contributed by atoms with van der Waals surface area (Å²) in [6.07, 6.45) is 2.73. The minimum atomic E-state index is -0.660. The SMILES string of the molecule is CC(C)(CC(=O)c1cnn2c1NC(c1ccccc1)CC2(C)C)c1nnc(-c2ccc(Cl)cc2)o1. The summed E-state index contributed by atoms with van der Waals surface area (Å²) in [6.45, 7) is 8.17. The molecule has 0 aliphatic carbocycles. The number of rotatable bonds is 6. The van der Waals surface area contributed by atoms with Crippen molar-refractivity contribution in [3.63, 3.8) is 0 Å². The van der Waals surface area contributed by atoms with Crippen LogP contribution in [0.5, 0.6) is 0 Å². The highest BCUT2D eigenvalue weighted by molar-refractivity contribution is 6.30. The van der Waals surface area contributed by atoms with E-state index in [1.807, 2.05) is 48.9 Å². The summed E-state index contributed by atoms with van der Waals surface area (Å²) in [4.78, 5) is 13.5. The molecule has 1 aliphatic heterocycles. The van der Waals surface area contributed by atoms with Crippen LogP contribution < -0.4 is 5.32 Å². The molecule has 5 rings (SSSR count). The molecule has 2 aromatic carbocycles. The molecule has 0 spiro atoms. The zero-order valence-corrected chi connectivity index (χ0v) is 21.0. The van der Waals surface area contributed by atoms with E-state index < -0.39 is 5.41 Å². The number of nitrogens with zero attached hydrogens (tertiary/aromatic N) is 4. The zero-order chi connectivity index (χ0) is 24.8. The van der Waals surface area contributed by atoms with E-state index in [0.717, 1.165) is 17.8 Å². The van der Waals surface area contributed by atoms with Crippen molar-refractivity contribution < 1.29 is 9.21 Å². The Morgan fingerprint density at radius 3 is 2.57 bits per heavy atom. The summed E-state index contributed by atoms with van der Waals surface area (Å²) in [7, 11) is 0. The van der Waals surface area contributed by atoms with Gasteiger partial charge in [0.2, 0.25) is 11.8 Å². The van der Waals surface area contributed by atoms with Crippen LogP contribution in [0.3, 0.4) is 0 Å². The Hall–Kier alpha value is -3.45. The van der Waals surface area contributed by atoms with Gasteiger partial charge in [-0.3, -0.25) is 4.79 Å². The number of nitrogens with one attached hydrogen (secondary N) is 1. The van der Waals surface area contributed by atoms with E-state index in [4.69, 9.17) is 16.0 Å². The number of fused-ring (bicyclic) bond motifs is 1. The van der Waals surface area contributed by atoms with Crippen molar-refractivity contribution in [2.45, 2.75) is 57.5 Å². The highest BCUT2D eigenvalue weighted by atomic mass is 35.5. The standard InChI is InChI=1S/C27H28ClN5O2/c1-26(2,25-32-31-24(35-25)18-10-12-19(28)13-11-18)15-22(34)20-16-29-33-23(20)30-21(14-27(33,3)4)17-8-6-5-7-9-17/h5-13,16,21,30H,14-15H2,1-4H3. The molecule has 0 saturated carbocycles. The summed E-state index contributed by atoms with van der Waals surface area (Å²) in [5.41, 5.74) is 1.64. The zero-order valence-electron chi connectivity index (χ0n) is 20.2. The van der Waals surface area contributed by atoms with Gasteiger partial charge >= 0.3 is 0 Å². The average molecular weight is 490 g/mol. The number of Topliss-reactive ketones (excluding diaryl/α,β-unsaturated/α-hetero) is 1. The largest absolute Gasteiger partial charge is 0.420 e. The molecule has 7 nitrogen and oxygen atoms in total. The maximum atomic E-state index is 13.5. The number of anilines is 1. The molecule has 0 amide bonds. The van der Waals surface area contributed by atoms with Gasteiger partial charge in [-0.05, 0) is 50.1 Å². The molecule has 4 aromatic rings. The molecule has 0 saturated heterocycles.